The molecule has 1 aliphatic rings. The number of nitrogen functional groups attached to an aromatic ring is 1. The Morgan fingerprint density at radius 3 is 2.77 bits per heavy atom. The number of azide groups is 1. The molecule has 0 bridgehead atoms. The maximum Gasteiger partial charge on any atom is 0.277 e. The van der Waals surface area contributed by atoms with Crippen LogP contribution in [0.5, 0.6) is 0 Å². The molecule has 1 amide bonds. The standard InChI is InChI=1S/C20H18F4N8O2S/c1-32-16(13-6-20(23,24)5-9(8-34-13)30-31-26)12(7-27-32)28-18(33)15-17(25)35-19(29-15)14-10(21)3-2-4-11(14)22/h2-4,7,9,13H,5-6,8,25H2,1H3,(H,28,33). The molecule has 3 heterocycles. The first-order valence-electron chi connectivity index (χ1n) is 10.2. The molecule has 35 heavy (non-hydrogen) atoms. The Morgan fingerprint density at radius 1 is 1.37 bits per heavy atom. The van der Waals surface area contributed by atoms with Gasteiger partial charge >= 0.3 is 0 Å². The number of aryl methyl sites for hydroxylation is 1. The van der Waals surface area contributed by atoms with Crippen LogP contribution in [0.25, 0.3) is 21.0 Å². The van der Waals surface area contributed by atoms with Gasteiger partial charge in [0.15, 0.2) is 5.69 Å². The molecule has 1 aromatic carbocycles. The van der Waals surface area contributed by atoms with Gasteiger partial charge < -0.3 is 15.8 Å². The van der Waals surface area contributed by atoms with E-state index in [0.29, 0.717) is 0 Å². The number of nitrogens with one attached hydrogen (secondary N) is 1. The summed E-state index contributed by atoms with van der Waals surface area (Å²) >= 11 is 0.721. The van der Waals surface area contributed by atoms with Gasteiger partial charge in [-0.3, -0.25) is 9.48 Å². The number of amides is 1. The second-order valence-electron chi connectivity index (χ2n) is 7.79. The molecule has 3 N–H and O–H groups in total. The van der Waals surface area contributed by atoms with E-state index < -0.39 is 54.0 Å². The number of halogens is 4. The van der Waals surface area contributed by atoms with Gasteiger partial charge in [-0.25, -0.2) is 22.5 Å². The summed E-state index contributed by atoms with van der Waals surface area (Å²) in [6.07, 6.45) is -1.35. The number of carbonyl (C=O) groups is 1. The topological polar surface area (TPSA) is 144 Å². The molecule has 184 valence electrons. The van der Waals surface area contributed by atoms with Crippen LogP contribution in [0.4, 0.5) is 28.3 Å². The largest absolute Gasteiger partial charge is 0.389 e. The Bertz CT molecular complexity index is 1300. The zero-order valence-electron chi connectivity index (χ0n) is 18.1. The summed E-state index contributed by atoms with van der Waals surface area (Å²) in [4.78, 5) is 19.5. The molecule has 0 saturated carbocycles. The molecule has 2 unspecified atom stereocenters. The van der Waals surface area contributed by atoms with Crippen LogP contribution in [-0.4, -0.2) is 39.2 Å². The first kappa shape index (κ1) is 24.4. The van der Waals surface area contributed by atoms with Crippen molar-refractivity contribution < 1.29 is 27.1 Å². The van der Waals surface area contributed by atoms with Crippen molar-refractivity contribution >= 4 is 27.9 Å². The number of ether oxygens (including phenoxy) is 1. The fourth-order valence-corrected chi connectivity index (χ4v) is 4.65. The van der Waals surface area contributed by atoms with E-state index in [1.165, 1.54) is 24.0 Å². The normalized spacial score (nSPS) is 19.6. The van der Waals surface area contributed by atoms with Crippen molar-refractivity contribution in [3.8, 4) is 10.6 Å². The summed E-state index contributed by atoms with van der Waals surface area (Å²) in [6, 6.07) is 2.23. The highest BCUT2D eigenvalue weighted by molar-refractivity contribution is 7.19. The Kier molecular flexibility index (Phi) is 6.65. The zero-order chi connectivity index (χ0) is 25.3. The predicted octanol–water partition coefficient (Wildman–Crippen LogP) is 4.82. The molecular formula is C20H18F4N8O2S. The molecule has 10 nitrogen and oxygen atoms in total. The number of aromatic nitrogens is 3. The van der Waals surface area contributed by atoms with Crippen LogP contribution >= 0.6 is 11.3 Å². The number of anilines is 2. The number of carbonyl (C=O) groups excluding carboxylic acids is 1. The summed E-state index contributed by atoms with van der Waals surface area (Å²) in [5, 5.41) is 9.64. The lowest BCUT2D eigenvalue weighted by Gasteiger charge is -2.21. The first-order valence-corrected chi connectivity index (χ1v) is 11.0. The molecule has 15 heteroatoms. The molecule has 0 radical (unpaired) electrons. The first-order chi connectivity index (χ1) is 16.6. The second-order valence-corrected chi connectivity index (χ2v) is 8.83. The quantitative estimate of drug-likeness (QED) is 0.219. The average Bonchev–Trinajstić information content (AvgIpc) is 3.28. The molecule has 0 spiro atoms. The van der Waals surface area contributed by atoms with Crippen LogP contribution in [0, 0.1) is 11.6 Å². The van der Waals surface area contributed by atoms with Gasteiger partial charge in [0.1, 0.15) is 27.7 Å². The number of hydrogen-bond acceptors (Lipinski definition) is 7. The maximum atomic E-state index is 14.5. The van der Waals surface area contributed by atoms with E-state index in [9.17, 15) is 22.4 Å². The van der Waals surface area contributed by atoms with Crippen LogP contribution in [0.2, 0.25) is 0 Å². The molecule has 4 rings (SSSR count). The van der Waals surface area contributed by atoms with Gasteiger partial charge in [-0.2, -0.15) is 5.10 Å². The van der Waals surface area contributed by atoms with E-state index in [2.05, 4.69) is 25.4 Å². The van der Waals surface area contributed by atoms with E-state index in [1.54, 1.807) is 0 Å². The summed E-state index contributed by atoms with van der Waals surface area (Å²) in [5.41, 5.74) is 14.0. The SMILES string of the molecule is Cn1ncc(NC(=O)c2nc(-c3c(F)cccc3F)sc2N)c1C1CC(F)(F)CC(N=[N+]=[N-])CO1. The Labute approximate surface area is 199 Å². The van der Waals surface area contributed by atoms with E-state index in [1.807, 2.05) is 0 Å². The number of nitrogens with two attached hydrogens (primary N) is 1. The summed E-state index contributed by atoms with van der Waals surface area (Å²) in [7, 11) is 1.48. The van der Waals surface area contributed by atoms with Crippen LogP contribution in [-0.2, 0) is 11.8 Å². The third-order valence-corrected chi connectivity index (χ3v) is 6.21. The van der Waals surface area contributed by atoms with Gasteiger partial charge in [-0.1, -0.05) is 22.5 Å². The molecule has 2 aromatic heterocycles. The third kappa shape index (κ3) is 5.06. The van der Waals surface area contributed by atoms with Crippen molar-refractivity contribution in [3.63, 3.8) is 0 Å². The lowest BCUT2D eigenvalue weighted by molar-refractivity contribution is -0.0452. The van der Waals surface area contributed by atoms with Gasteiger partial charge in [-0.15, -0.1) is 0 Å². The van der Waals surface area contributed by atoms with Crippen molar-refractivity contribution in [1.82, 2.24) is 14.8 Å². The van der Waals surface area contributed by atoms with Gasteiger partial charge in [0.05, 0.1) is 35.8 Å². The van der Waals surface area contributed by atoms with Crippen molar-refractivity contribution in [2.24, 2.45) is 12.2 Å². The smallest absolute Gasteiger partial charge is 0.277 e. The van der Waals surface area contributed by atoms with Crippen LogP contribution < -0.4 is 11.1 Å². The highest BCUT2D eigenvalue weighted by Crippen LogP contribution is 2.40. The number of hydrogen-bond donors (Lipinski definition) is 2. The molecule has 0 aliphatic carbocycles. The van der Waals surface area contributed by atoms with E-state index >= 15 is 0 Å². The van der Waals surface area contributed by atoms with Gasteiger partial charge in [0, 0.05) is 24.8 Å². The lowest BCUT2D eigenvalue weighted by atomic mass is 10.0. The molecule has 2 atom stereocenters. The molecular weight excluding hydrogens is 492 g/mol. The number of benzene rings is 1. The minimum Gasteiger partial charge on any atom is -0.389 e. The highest BCUT2D eigenvalue weighted by Gasteiger charge is 2.41. The van der Waals surface area contributed by atoms with Gasteiger partial charge in [0.2, 0.25) is 0 Å². The summed E-state index contributed by atoms with van der Waals surface area (Å²) < 4.78 is 64.1. The van der Waals surface area contributed by atoms with Crippen LogP contribution in [0.15, 0.2) is 29.5 Å². The Morgan fingerprint density at radius 2 is 2.09 bits per heavy atom. The molecule has 1 aliphatic heterocycles. The molecule has 1 saturated heterocycles. The van der Waals surface area contributed by atoms with E-state index in [0.717, 1.165) is 23.5 Å². The molecule has 3 aromatic rings. The second kappa shape index (κ2) is 9.52. The number of thiazole rings is 1. The molecule has 1 fully saturated rings. The van der Waals surface area contributed by atoms with Crippen LogP contribution in [0.1, 0.15) is 35.1 Å². The highest BCUT2D eigenvalue weighted by atomic mass is 32.1. The number of nitrogens with zero attached hydrogens (tertiary/aromatic N) is 6. The third-order valence-electron chi connectivity index (χ3n) is 5.31. The maximum absolute atomic E-state index is 14.5. The van der Waals surface area contributed by atoms with Crippen molar-refractivity contribution in [2.45, 2.75) is 30.9 Å². The number of rotatable bonds is 5. The Balaban J connectivity index is 1.61. The minimum absolute atomic E-state index is 0.0616. The Hall–Kier alpha value is -3.68. The average molecular weight is 510 g/mol. The lowest BCUT2D eigenvalue weighted by Crippen LogP contribution is -2.23. The summed E-state index contributed by atoms with van der Waals surface area (Å²) in [6.45, 7) is -0.251. The zero-order valence-corrected chi connectivity index (χ0v) is 18.9. The number of alkyl halides is 2. The summed E-state index contributed by atoms with van der Waals surface area (Å²) in [5.74, 6) is -5.77. The van der Waals surface area contributed by atoms with Crippen LogP contribution in [0.3, 0.4) is 0 Å². The predicted molar refractivity (Wildman–Crippen MR) is 119 cm³/mol. The van der Waals surface area contributed by atoms with E-state index in [4.69, 9.17) is 16.0 Å². The van der Waals surface area contributed by atoms with Gasteiger partial charge in [-0.05, 0) is 17.7 Å². The van der Waals surface area contributed by atoms with E-state index in [-0.39, 0.29) is 33.7 Å². The van der Waals surface area contributed by atoms with Crippen molar-refractivity contribution in [3.05, 3.63) is 57.9 Å². The fourth-order valence-electron chi connectivity index (χ4n) is 3.78. The minimum atomic E-state index is -3.20. The fraction of sp³-hybridized carbons (Fsp3) is 0.350. The van der Waals surface area contributed by atoms with Crippen molar-refractivity contribution in [2.75, 3.05) is 17.7 Å². The monoisotopic (exact) mass is 510 g/mol. The van der Waals surface area contributed by atoms with Crippen molar-refractivity contribution in [1.29, 1.82) is 0 Å². The van der Waals surface area contributed by atoms with Gasteiger partial charge in [0.25, 0.3) is 11.8 Å².